The van der Waals surface area contributed by atoms with Crippen LogP contribution >= 0.6 is 0 Å². The lowest BCUT2D eigenvalue weighted by Gasteiger charge is -2.39. The molecule has 0 radical (unpaired) electrons. The van der Waals surface area contributed by atoms with Crippen molar-refractivity contribution in [2.75, 3.05) is 13.1 Å². The number of piperidine rings is 1. The van der Waals surface area contributed by atoms with Gasteiger partial charge in [-0.2, -0.15) is 13.2 Å². The number of halogens is 3. The van der Waals surface area contributed by atoms with Crippen molar-refractivity contribution >= 4 is 0 Å². The van der Waals surface area contributed by atoms with Crippen LogP contribution in [-0.4, -0.2) is 19.3 Å². The van der Waals surface area contributed by atoms with Gasteiger partial charge in [0.1, 0.15) is 0 Å². The van der Waals surface area contributed by atoms with Crippen LogP contribution in [0.3, 0.4) is 0 Å². The summed E-state index contributed by atoms with van der Waals surface area (Å²) in [5.74, 6) is 0.199. The number of alkyl halides is 3. The standard InChI is InChI=1S/C10H18F3N/c1-9(2)7-14-6-4-8(9)3-5-10(11,12)13/h8,14H,3-7H2,1-2H3. The summed E-state index contributed by atoms with van der Waals surface area (Å²) < 4.78 is 36.1. The Bertz CT molecular complexity index is 186. The topological polar surface area (TPSA) is 12.0 Å². The predicted octanol–water partition coefficient (Wildman–Crippen LogP) is 2.96. The summed E-state index contributed by atoms with van der Waals surface area (Å²) in [4.78, 5) is 0. The van der Waals surface area contributed by atoms with Gasteiger partial charge in [-0.1, -0.05) is 13.8 Å². The molecule has 1 aliphatic heterocycles. The van der Waals surface area contributed by atoms with E-state index in [1.54, 1.807) is 0 Å². The molecule has 1 nitrogen and oxygen atoms in total. The molecule has 0 aliphatic carbocycles. The Morgan fingerprint density at radius 1 is 1.36 bits per heavy atom. The van der Waals surface area contributed by atoms with E-state index in [1.165, 1.54) is 0 Å². The van der Waals surface area contributed by atoms with E-state index in [1.807, 2.05) is 13.8 Å². The molecule has 0 aromatic heterocycles. The molecule has 4 heteroatoms. The van der Waals surface area contributed by atoms with Crippen LogP contribution in [-0.2, 0) is 0 Å². The normalized spacial score (nSPS) is 27.6. The number of hydrogen-bond acceptors (Lipinski definition) is 1. The molecule has 0 spiro atoms. The molecule has 0 amide bonds. The molecular weight excluding hydrogens is 191 g/mol. The van der Waals surface area contributed by atoms with Gasteiger partial charge < -0.3 is 5.32 Å². The van der Waals surface area contributed by atoms with Crippen molar-refractivity contribution < 1.29 is 13.2 Å². The lowest BCUT2D eigenvalue weighted by Crippen LogP contribution is -2.43. The predicted molar refractivity (Wildman–Crippen MR) is 50.0 cm³/mol. The molecule has 1 rings (SSSR count). The van der Waals surface area contributed by atoms with Gasteiger partial charge in [0.25, 0.3) is 0 Å². The molecule has 1 aliphatic rings. The van der Waals surface area contributed by atoms with Gasteiger partial charge in [-0.15, -0.1) is 0 Å². The highest BCUT2D eigenvalue weighted by molar-refractivity contribution is 4.85. The van der Waals surface area contributed by atoms with E-state index in [0.29, 0.717) is 0 Å². The summed E-state index contributed by atoms with van der Waals surface area (Å²) >= 11 is 0. The number of rotatable bonds is 2. The molecular formula is C10H18F3N. The summed E-state index contributed by atoms with van der Waals surface area (Å²) in [5.41, 5.74) is 0.00347. The molecule has 1 saturated heterocycles. The molecule has 14 heavy (non-hydrogen) atoms. The number of nitrogens with one attached hydrogen (secondary N) is 1. The summed E-state index contributed by atoms with van der Waals surface area (Å²) in [6.07, 6.45) is -3.50. The Balaban J connectivity index is 2.42. The Morgan fingerprint density at radius 3 is 2.50 bits per heavy atom. The third kappa shape index (κ3) is 3.48. The fraction of sp³-hybridized carbons (Fsp3) is 1.00. The van der Waals surface area contributed by atoms with Gasteiger partial charge in [-0.3, -0.25) is 0 Å². The first kappa shape index (κ1) is 11.8. The molecule has 84 valence electrons. The first-order valence-electron chi connectivity index (χ1n) is 5.09. The molecule has 0 bridgehead atoms. The minimum absolute atomic E-state index is 0.00347. The third-order valence-electron chi connectivity index (χ3n) is 3.13. The average molecular weight is 209 g/mol. The maximum Gasteiger partial charge on any atom is 0.389 e. The zero-order valence-corrected chi connectivity index (χ0v) is 8.75. The van der Waals surface area contributed by atoms with Crippen LogP contribution in [0.1, 0.15) is 33.1 Å². The van der Waals surface area contributed by atoms with Crippen LogP contribution in [0.4, 0.5) is 13.2 Å². The third-order valence-corrected chi connectivity index (χ3v) is 3.13. The molecule has 1 heterocycles. The van der Waals surface area contributed by atoms with Gasteiger partial charge in [0.05, 0.1) is 0 Å². The summed E-state index contributed by atoms with van der Waals surface area (Å²) in [7, 11) is 0. The van der Waals surface area contributed by atoms with E-state index in [4.69, 9.17) is 0 Å². The van der Waals surface area contributed by atoms with E-state index in [9.17, 15) is 13.2 Å². The minimum Gasteiger partial charge on any atom is -0.316 e. The van der Waals surface area contributed by atoms with E-state index >= 15 is 0 Å². The molecule has 1 unspecified atom stereocenters. The fourth-order valence-corrected chi connectivity index (χ4v) is 2.09. The van der Waals surface area contributed by atoms with Gasteiger partial charge in [0.2, 0.25) is 0 Å². The Kier molecular flexibility index (Phi) is 3.45. The largest absolute Gasteiger partial charge is 0.389 e. The average Bonchev–Trinajstić information content (AvgIpc) is 2.00. The highest BCUT2D eigenvalue weighted by Gasteiger charge is 2.35. The van der Waals surface area contributed by atoms with E-state index in [2.05, 4.69) is 5.32 Å². The molecule has 1 fully saturated rings. The van der Waals surface area contributed by atoms with Crippen LogP contribution in [0, 0.1) is 11.3 Å². The van der Waals surface area contributed by atoms with Gasteiger partial charge in [0, 0.05) is 13.0 Å². The zero-order valence-electron chi connectivity index (χ0n) is 8.75. The van der Waals surface area contributed by atoms with Crippen molar-refractivity contribution in [3.63, 3.8) is 0 Å². The second-order valence-corrected chi connectivity index (χ2v) is 4.80. The summed E-state index contributed by atoms with van der Waals surface area (Å²) in [6, 6.07) is 0. The molecule has 0 aromatic carbocycles. The van der Waals surface area contributed by atoms with E-state index in [-0.39, 0.29) is 17.8 Å². The number of hydrogen-bond donors (Lipinski definition) is 1. The maximum absolute atomic E-state index is 12.0. The zero-order chi connectivity index (χ0) is 10.8. The second kappa shape index (κ2) is 4.09. The monoisotopic (exact) mass is 209 g/mol. The minimum atomic E-state index is -4.00. The molecule has 1 N–H and O–H groups in total. The van der Waals surface area contributed by atoms with Gasteiger partial charge >= 0.3 is 6.18 Å². The van der Waals surface area contributed by atoms with Crippen molar-refractivity contribution in [1.82, 2.24) is 5.32 Å². The Labute approximate surface area is 83.1 Å². The highest BCUT2D eigenvalue weighted by Crippen LogP contribution is 2.37. The van der Waals surface area contributed by atoms with Crippen LogP contribution in [0.5, 0.6) is 0 Å². The maximum atomic E-state index is 12.0. The first-order valence-corrected chi connectivity index (χ1v) is 5.09. The Hall–Kier alpha value is -0.250. The summed E-state index contributed by atoms with van der Waals surface area (Å²) in [6.45, 7) is 5.77. The molecule has 0 aromatic rings. The molecule has 1 atom stereocenters. The van der Waals surface area contributed by atoms with Crippen molar-refractivity contribution in [1.29, 1.82) is 0 Å². The SMILES string of the molecule is CC1(C)CNCCC1CCC(F)(F)F. The van der Waals surface area contributed by atoms with Crippen LogP contribution in [0.2, 0.25) is 0 Å². The van der Waals surface area contributed by atoms with Crippen LogP contribution in [0.25, 0.3) is 0 Å². The van der Waals surface area contributed by atoms with Crippen molar-refractivity contribution in [2.45, 2.75) is 39.3 Å². The van der Waals surface area contributed by atoms with Crippen LogP contribution in [0.15, 0.2) is 0 Å². The van der Waals surface area contributed by atoms with Gasteiger partial charge in [-0.25, -0.2) is 0 Å². The highest BCUT2D eigenvalue weighted by atomic mass is 19.4. The summed E-state index contributed by atoms with van der Waals surface area (Å²) in [5, 5.41) is 3.22. The Morgan fingerprint density at radius 2 is 2.00 bits per heavy atom. The smallest absolute Gasteiger partial charge is 0.316 e. The lowest BCUT2D eigenvalue weighted by atomic mass is 9.72. The van der Waals surface area contributed by atoms with Crippen molar-refractivity contribution in [3.8, 4) is 0 Å². The van der Waals surface area contributed by atoms with E-state index in [0.717, 1.165) is 19.5 Å². The van der Waals surface area contributed by atoms with Crippen LogP contribution < -0.4 is 5.32 Å². The van der Waals surface area contributed by atoms with Crippen molar-refractivity contribution in [3.05, 3.63) is 0 Å². The second-order valence-electron chi connectivity index (χ2n) is 4.80. The quantitative estimate of drug-likeness (QED) is 0.737. The van der Waals surface area contributed by atoms with Gasteiger partial charge in [0.15, 0.2) is 0 Å². The van der Waals surface area contributed by atoms with Gasteiger partial charge in [-0.05, 0) is 30.7 Å². The fourth-order valence-electron chi connectivity index (χ4n) is 2.09. The molecule has 0 saturated carbocycles. The van der Waals surface area contributed by atoms with E-state index < -0.39 is 12.6 Å². The first-order chi connectivity index (χ1) is 6.31. The van der Waals surface area contributed by atoms with Crippen molar-refractivity contribution in [2.24, 2.45) is 11.3 Å². The lowest BCUT2D eigenvalue weighted by molar-refractivity contribution is -0.140.